The summed E-state index contributed by atoms with van der Waals surface area (Å²) in [6, 6.07) is 14.5. The quantitative estimate of drug-likeness (QED) is 0.778. The van der Waals surface area contributed by atoms with Gasteiger partial charge in [-0.3, -0.25) is 4.72 Å². The summed E-state index contributed by atoms with van der Waals surface area (Å²) in [4.78, 5) is 0. The van der Waals surface area contributed by atoms with E-state index < -0.39 is 10.2 Å². The largest absolute Gasteiger partial charge is 0.494 e. The molecule has 108 valence electrons. The number of nitrogens with zero attached hydrogens (tertiary/aromatic N) is 1. The van der Waals surface area contributed by atoms with Gasteiger partial charge in [0, 0.05) is 16.5 Å². The van der Waals surface area contributed by atoms with E-state index in [1.165, 1.54) is 12.1 Å². The van der Waals surface area contributed by atoms with Crippen molar-refractivity contribution in [1.29, 1.82) is 0 Å². The Morgan fingerprint density at radius 1 is 1.05 bits per heavy atom. The molecule has 0 radical (unpaired) electrons. The van der Waals surface area contributed by atoms with E-state index in [1.54, 1.807) is 42.5 Å². The van der Waals surface area contributed by atoms with Gasteiger partial charge in [-0.15, -0.1) is 0 Å². The molecule has 2 N–H and O–H groups in total. The molecule has 0 saturated carbocycles. The molecule has 7 heteroatoms. The Morgan fingerprint density at radius 3 is 2.57 bits per heavy atom. The Balaban J connectivity index is 2.10. The fraction of sp³-hybridized carbons (Fsp3) is 0. The summed E-state index contributed by atoms with van der Waals surface area (Å²) in [5.41, 5.74) is 0.712. The molecule has 0 fully saturated rings. The third-order valence-corrected chi connectivity index (χ3v) is 4.55. The van der Waals surface area contributed by atoms with Crippen molar-refractivity contribution in [3.63, 3.8) is 0 Å². The van der Waals surface area contributed by atoms with Crippen LogP contribution >= 0.6 is 11.6 Å². The van der Waals surface area contributed by atoms with Crippen LogP contribution in [-0.2, 0) is 10.2 Å². The van der Waals surface area contributed by atoms with Crippen LogP contribution in [0, 0.1) is 0 Å². The monoisotopic (exact) mass is 322 g/mol. The average molecular weight is 323 g/mol. The number of aromatic nitrogens is 1. The summed E-state index contributed by atoms with van der Waals surface area (Å²) in [7, 11) is -3.99. The van der Waals surface area contributed by atoms with E-state index in [4.69, 9.17) is 11.6 Å². The molecule has 0 bridgehead atoms. The van der Waals surface area contributed by atoms with Crippen molar-refractivity contribution in [3.8, 4) is 5.88 Å². The molecular weight excluding hydrogens is 312 g/mol. The zero-order valence-corrected chi connectivity index (χ0v) is 12.3. The van der Waals surface area contributed by atoms with Gasteiger partial charge in [0.2, 0.25) is 5.88 Å². The van der Waals surface area contributed by atoms with Crippen LogP contribution in [0.15, 0.2) is 54.6 Å². The number of para-hydroxylation sites is 1. The third-order valence-electron chi connectivity index (χ3n) is 2.96. The van der Waals surface area contributed by atoms with E-state index in [0.29, 0.717) is 21.6 Å². The van der Waals surface area contributed by atoms with Crippen molar-refractivity contribution < 1.29 is 13.5 Å². The van der Waals surface area contributed by atoms with E-state index in [1.807, 2.05) is 0 Å². The maximum atomic E-state index is 12.5. The van der Waals surface area contributed by atoms with Crippen LogP contribution in [0.2, 0.25) is 5.02 Å². The molecule has 5 nitrogen and oxygen atoms in total. The molecule has 21 heavy (non-hydrogen) atoms. The first-order valence-corrected chi connectivity index (χ1v) is 7.87. The lowest BCUT2D eigenvalue weighted by Gasteiger charge is -2.11. The summed E-state index contributed by atoms with van der Waals surface area (Å²) >= 11 is 5.83. The average Bonchev–Trinajstić information content (AvgIpc) is 2.74. The molecule has 3 aromatic rings. The number of hydrogen-bond acceptors (Lipinski definition) is 3. The number of nitrogens with one attached hydrogen (secondary N) is 1. The van der Waals surface area contributed by atoms with Gasteiger partial charge in [-0.05, 0) is 24.3 Å². The van der Waals surface area contributed by atoms with E-state index >= 15 is 0 Å². The molecule has 1 aromatic heterocycles. The van der Waals surface area contributed by atoms with E-state index in [-0.39, 0.29) is 5.88 Å². The first-order valence-electron chi connectivity index (χ1n) is 6.06. The Labute approximate surface area is 126 Å². The van der Waals surface area contributed by atoms with Crippen molar-refractivity contribution in [3.05, 3.63) is 59.6 Å². The van der Waals surface area contributed by atoms with Gasteiger partial charge in [-0.2, -0.15) is 12.4 Å². The second-order valence-electron chi connectivity index (χ2n) is 4.44. The van der Waals surface area contributed by atoms with Gasteiger partial charge >= 0.3 is 10.2 Å². The van der Waals surface area contributed by atoms with Crippen LogP contribution in [0.5, 0.6) is 5.88 Å². The number of anilines is 1. The zero-order valence-electron chi connectivity index (χ0n) is 10.7. The van der Waals surface area contributed by atoms with Gasteiger partial charge in [-0.25, -0.2) is 0 Å². The van der Waals surface area contributed by atoms with Gasteiger partial charge in [0.15, 0.2) is 0 Å². The highest BCUT2D eigenvalue weighted by molar-refractivity contribution is 7.91. The second-order valence-corrected chi connectivity index (χ2v) is 6.40. The van der Waals surface area contributed by atoms with Gasteiger partial charge in [0.1, 0.15) is 0 Å². The number of rotatable bonds is 3. The maximum absolute atomic E-state index is 12.5. The molecule has 2 aromatic carbocycles. The summed E-state index contributed by atoms with van der Waals surface area (Å²) < 4.78 is 28.2. The summed E-state index contributed by atoms with van der Waals surface area (Å²) in [5.74, 6) is -0.356. The topological polar surface area (TPSA) is 71.3 Å². The first-order chi connectivity index (χ1) is 9.97. The summed E-state index contributed by atoms with van der Waals surface area (Å²) in [5, 5.41) is 11.0. The normalized spacial score (nSPS) is 11.7. The molecule has 0 saturated heterocycles. The molecular formula is C14H11ClN2O3S. The van der Waals surface area contributed by atoms with E-state index in [9.17, 15) is 13.5 Å². The molecule has 0 atom stereocenters. The SMILES string of the molecule is O=S(=O)(Nc1cccc(Cl)c1)n1c(O)cc2ccccc21. The van der Waals surface area contributed by atoms with Crippen molar-refractivity contribution in [2.24, 2.45) is 0 Å². The molecule has 1 heterocycles. The maximum Gasteiger partial charge on any atom is 0.330 e. The van der Waals surface area contributed by atoms with Crippen LogP contribution in [0.3, 0.4) is 0 Å². The zero-order chi connectivity index (χ0) is 15.0. The van der Waals surface area contributed by atoms with Gasteiger partial charge in [0.05, 0.1) is 11.2 Å². The standard InChI is InChI=1S/C14H11ClN2O3S/c15-11-5-3-6-12(9-11)16-21(19,20)17-13-7-2-1-4-10(13)8-14(17)18/h1-9,16,18H. The fourth-order valence-electron chi connectivity index (χ4n) is 2.11. The molecule has 0 amide bonds. The molecule has 3 rings (SSSR count). The number of fused-ring (bicyclic) bond motifs is 1. The van der Waals surface area contributed by atoms with Crippen molar-refractivity contribution in [1.82, 2.24) is 3.97 Å². The highest BCUT2D eigenvalue weighted by Crippen LogP contribution is 2.27. The molecule has 0 unspecified atom stereocenters. The predicted molar refractivity (Wildman–Crippen MR) is 83.0 cm³/mol. The molecule has 0 aliphatic heterocycles. The van der Waals surface area contributed by atoms with Gasteiger partial charge < -0.3 is 5.11 Å². The van der Waals surface area contributed by atoms with Crippen LogP contribution in [0.25, 0.3) is 10.9 Å². The molecule has 0 aliphatic carbocycles. The highest BCUT2D eigenvalue weighted by atomic mass is 35.5. The lowest BCUT2D eigenvalue weighted by Crippen LogP contribution is -2.21. The smallest absolute Gasteiger partial charge is 0.330 e. The van der Waals surface area contributed by atoms with Crippen molar-refractivity contribution >= 4 is 38.4 Å². The third kappa shape index (κ3) is 2.55. The van der Waals surface area contributed by atoms with E-state index in [2.05, 4.69) is 4.72 Å². The minimum absolute atomic E-state index is 0.319. The summed E-state index contributed by atoms with van der Waals surface area (Å²) in [6.07, 6.45) is 0. The van der Waals surface area contributed by atoms with Crippen molar-refractivity contribution in [2.75, 3.05) is 4.72 Å². The minimum Gasteiger partial charge on any atom is -0.494 e. The number of aromatic hydroxyl groups is 1. The Hall–Kier alpha value is -2.18. The van der Waals surface area contributed by atoms with Crippen LogP contribution < -0.4 is 4.72 Å². The fourth-order valence-corrected chi connectivity index (χ4v) is 3.55. The second kappa shape index (κ2) is 4.98. The molecule has 0 aliphatic rings. The predicted octanol–water partition coefficient (Wildman–Crippen LogP) is 3.21. The lowest BCUT2D eigenvalue weighted by atomic mass is 10.3. The highest BCUT2D eigenvalue weighted by Gasteiger charge is 2.20. The van der Waals surface area contributed by atoms with Crippen LogP contribution in [0.4, 0.5) is 5.69 Å². The first kappa shape index (κ1) is 13.8. The van der Waals surface area contributed by atoms with Gasteiger partial charge in [0.25, 0.3) is 0 Å². The minimum atomic E-state index is -3.99. The Bertz CT molecular complexity index is 919. The molecule has 0 spiro atoms. The Kier molecular flexibility index (Phi) is 3.27. The van der Waals surface area contributed by atoms with Gasteiger partial charge in [-0.1, -0.05) is 35.9 Å². The van der Waals surface area contributed by atoms with E-state index in [0.717, 1.165) is 3.97 Å². The van der Waals surface area contributed by atoms with Crippen molar-refractivity contribution in [2.45, 2.75) is 0 Å². The number of benzene rings is 2. The Morgan fingerprint density at radius 2 is 1.81 bits per heavy atom. The lowest BCUT2D eigenvalue weighted by molar-refractivity contribution is 0.448. The van der Waals surface area contributed by atoms with Crippen LogP contribution in [-0.4, -0.2) is 17.5 Å². The number of halogens is 1. The van der Waals surface area contributed by atoms with Crippen LogP contribution in [0.1, 0.15) is 0 Å². The summed E-state index contributed by atoms with van der Waals surface area (Å²) in [6.45, 7) is 0. The number of hydrogen-bond donors (Lipinski definition) is 2.